The Morgan fingerprint density at radius 2 is 2.04 bits per heavy atom. The molecule has 138 valence electrons. The minimum Gasteiger partial charge on any atom is -0.373 e. The Bertz CT molecular complexity index is 643. The van der Waals surface area contributed by atoms with Gasteiger partial charge in [0.1, 0.15) is 5.82 Å². The normalized spacial score (nSPS) is 19.3. The molecule has 1 aliphatic rings. The number of hydrogen-bond donors (Lipinski definition) is 1. The monoisotopic (exact) mass is 378 g/mol. The average molecular weight is 379 g/mol. The first-order valence-corrected chi connectivity index (χ1v) is 9.38. The van der Waals surface area contributed by atoms with Gasteiger partial charge < -0.3 is 12.2 Å². The maximum absolute atomic E-state index is 4.82. The Morgan fingerprint density at radius 3 is 2.42 bits per heavy atom. The molecule has 1 heterocycles. The third kappa shape index (κ3) is 6.79. The van der Waals surface area contributed by atoms with E-state index in [1.165, 1.54) is 30.5 Å². The summed E-state index contributed by atoms with van der Waals surface area (Å²) in [6, 6.07) is 13.2. The summed E-state index contributed by atoms with van der Waals surface area (Å²) in [4.78, 5) is 0. The molecular weight excluding hydrogens is 345 g/mol. The maximum atomic E-state index is 4.82. The summed E-state index contributed by atoms with van der Waals surface area (Å²) >= 11 is 0. The summed E-state index contributed by atoms with van der Waals surface area (Å²) in [5, 5.41) is 8.08. The van der Waals surface area contributed by atoms with Crippen LogP contribution in [-0.4, -0.2) is 16.8 Å². The van der Waals surface area contributed by atoms with Crippen LogP contribution in [0.4, 0.5) is 5.82 Å². The van der Waals surface area contributed by atoms with Gasteiger partial charge in [0.15, 0.2) is 0 Å². The molecule has 1 aromatic carbocycles. The van der Waals surface area contributed by atoms with Gasteiger partial charge in [0.05, 0.1) is 11.2 Å². The van der Waals surface area contributed by atoms with E-state index in [4.69, 9.17) is 5.10 Å². The van der Waals surface area contributed by atoms with Gasteiger partial charge in [-0.1, -0.05) is 13.3 Å². The first-order valence-electron chi connectivity index (χ1n) is 9.38. The molecule has 0 amide bonds. The van der Waals surface area contributed by atoms with Crippen molar-refractivity contribution in [3.8, 4) is 0 Å². The van der Waals surface area contributed by atoms with Crippen LogP contribution in [0.25, 0.3) is 0 Å². The minimum atomic E-state index is 0. The number of nitrogens with zero attached hydrogens (tertiary/aromatic N) is 2. The molecule has 0 saturated heterocycles. The van der Waals surface area contributed by atoms with E-state index in [0.717, 1.165) is 18.2 Å². The van der Waals surface area contributed by atoms with Crippen molar-refractivity contribution in [2.45, 2.75) is 64.8 Å². The van der Waals surface area contributed by atoms with Crippen molar-refractivity contribution in [1.29, 1.82) is 0 Å². The molecule has 1 saturated carbocycles. The fourth-order valence-electron chi connectivity index (χ4n) is 3.35. The maximum Gasteiger partial charge on any atom is 1.00 e. The predicted molar refractivity (Wildman–Crippen MR) is 107 cm³/mol. The van der Waals surface area contributed by atoms with Crippen molar-refractivity contribution in [2.75, 3.05) is 12.4 Å². The molecule has 0 radical (unpaired) electrons. The zero-order valence-corrected chi connectivity index (χ0v) is 20.6. The van der Waals surface area contributed by atoms with Gasteiger partial charge in [-0.25, -0.2) is 4.68 Å². The number of benzene rings is 1. The van der Waals surface area contributed by atoms with Crippen molar-refractivity contribution in [3.05, 3.63) is 54.6 Å². The van der Waals surface area contributed by atoms with E-state index in [9.17, 15) is 0 Å². The minimum absolute atomic E-state index is 0. The SMILES string of the molecule is CNc1cc(C2CCC(C)C2)nn1C(C)(C)C.[CH2-]Cc1[c-]cccc1.[K+]. The van der Waals surface area contributed by atoms with E-state index >= 15 is 0 Å². The Balaban J connectivity index is 0.000000318. The van der Waals surface area contributed by atoms with Crippen LogP contribution in [0.2, 0.25) is 0 Å². The third-order valence-corrected chi connectivity index (χ3v) is 4.78. The van der Waals surface area contributed by atoms with Crippen molar-refractivity contribution in [1.82, 2.24) is 9.78 Å². The summed E-state index contributed by atoms with van der Waals surface area (Å²) in [5.41, 5.74) is 2.49. The van der Waals surface area contributed by atoms with Gasteiger partial charge in [-0.2, -0.15) is 47.4 Å². The van der Waals surface area contributed by atoms with Gasteiger partial charge >= 0.3 is 51.4 Å². The fraction of sp³-hybridized carbons (Fsp3) is 0.545. The van der Waals surface area contributed by atoms with Crippen molar-refractivity contribution >= 4 is 5.82 Å². The van der Waals surface area contributed by atoms with Gasteiger partial charge in [0.25, 0.3) is 0 Å². The van der Waals surface area contributed by atoms with Crippen molar-refractivity contribution in [2.24, 2.45) is 5.92 Å². The summed E-state index contributed by atoms with van der Waals surface area (Å²) in [6.07, 6.45) is 4.78. The molecule has 26 heavy (non-hydrogen) atoms. The van der Waals surface area contributed by atoms with Gasteiger partial charge in [-0.3, -0.25) is 0 Å². The van der Waals surface area contributed by atoms with E-state index in [0.29, 0.717) is 5.92 Å². The molecule has 2 atom stereocenters. The number of rotatable bonds is 3. The Morgan fingerprint density at radius 1 is 1.31 bits per heavy atom. The van der Waals surface area contributed by atoms with Crippen LogP contribution in [0, 0.1) is 18.9 Å². The fourth-order valence-corrected chi connectivity index (χ4v) is 3.35. The molecule has 1 N–H and O–H groups in total. The molecule has 3 rings (SSSR count). The van der Waals surface area contributed by atoms with Crippen LogP contribution in [0.1, 0.15) is 64.1 Å². The molecular formula is C22H33KN3-. The first kappa shape index (κ1) is 23.9. The summed E-state index contributed by atoms with van der Waals surface area (Å²) < 4.78 is 2.12. The van der Waals surface area contributed by atoms with E-state index in [2.05, 4.69) is 56.8 Å². The standard InChI is InChI=1S/C14H25N3.C8H8.K/c1-10-6-7-11(8-10)12-9-13(15-5)17(16-12)14(2,3)4;1-2-8-6-4-3-5-7-8;/h9-11,15H,6-8H2,1-5H3;3-6H,1-2H2;/q;-2;+1. The van der Waals surface area contributed by atoms with Crippen molar-refractivity contribution in [3.63, 3.8) is 0 Å². The number of anilines is 1. The predicted octanol–water partition coefficient (Wildman–Crippen LogP) is 2.45. The van der Waals surface area contributed by atoms with Crippen molar-refractivity contribution < 1.29 is 51.4 Å². The van der Waals surface area contributed by atoms with Crippen LogP contribution >= 0.6 is 0 Å². The van der Waals surface area contributed by atoms with E-state index < -0.39 is 0 Å². The van der Waals surface area contributed by atoms with Crippen LogP contribution in [0.3, 0.4) is 0 Å². The average Bonchev–Trinajstić information content (AvgIpc) is 3.21. The molecule has 4 heteroatoms. The molecule has 0 bridgehead atoms. The molecule has 2 aromatic rings. The third-order valence-electron chi connectivity index (χ3n) is 4.78. The molecule has 1 fully saturated rings. The summed E-state index contributed by atoms with van der Waals surface area (Å²) in [6.45, 7) is 12.7. The van der Waals surface area contributed by atoms with Gasteiger partial charge in [-0.15, -0.1) is 0 Å². The van der Waals surface area contributed by atoms with Gasteiger partial charge in [0, 0.05) is 19.0 Å². The quantitative estimate of drug-likeness (QED) is 0.657. The van der Waals surface area contributed by atoms with Gasteiger partial charge in [-0.05, 0) is 39.5 Å². The molecule has 1 aliphatic carbocycles. The summed E-state index contributed by atoms with van der Waals surface area (Å²) in [5.74, 6) is 2.66. The second-order valence-electron chi connectivity index (χ2n) is 8.04. The van der Waals surface area contributed by atoms with Gasteiger partial charge in [0.2, 0.25) is 0 Å². The topological polar surface area (TPSA) is 29.9 Å². The first-order chi connectivity index (χ1) is 11.8. The second kappa shape index (κ2) is 11.0. The van der Waals surface area contributed by atoms with Crippen LogP contribution < -0.4 is 56.7 Å². The molecule has 2 unspecified atom stereocenters. The molecule has 0 aliphatic heterocycles. The molecule has 3 nitrogen and oxygen atoms in total. The smallest absolute Gasteiger partial charge is 0.373 e. The second-order valence-corrected chi connectivity index (χ2v) is 8.04. The van der Waals surface area contributed by atoms with Crippen LogP contribution in [0.5, 0.6) is 0 Å². The van der Waals surface area contributed by atoms with E-state index in [1.807, 2.05) is 31.3 Å². The number of nitrogens with one attached hydrogen (secondary N) is 1. The zero-order valence-electron chi connectivity index (χ0n) is 17.5. The number of hydrogen-bond acceptors (Lipinski definition) is 2. The Hall–Kier alpha value is -0.134. The Kier molecular flexibility index (Phi) is 10.1. The largest absolute Gasteiger partial charge is 1.00 e. The molecule has 1 aromatic heterocycles. The zero-order chi connectivity index (χ0) is 18.4. The molecule has 0 spiro atoms. The summed E-state index contributed by atoms with van der Waals surface area (Å²) in [7, 11) is 1.97. The number of aromatic nitrogens is 2. The van der Waals surface area contributed by atoms with Crippen LogP contribution in [-0.2, 0) is 12.0 Å². The van der Waals surface area contributed by atoms with E-state index in [-0.39, 0.29) is 56.9 Å². The van der Waals surface area contributed by atoms with E-state index in [1.54, 1.807) is 0 Å². The Labute approximate surface area is 202 Å². The van der Waals surface area contributed by atoms with Crippen LogP contribution in [0.15, 0.2) is 30.3 Å².